The number of nitrogens with one attached hydrogen (secondary N) is 2. The SMILES string of the molecule is Cc1ccc(C)c(NS(=O)(=O)c2c[nH]c(-c3nnc(-c4ccccc4)o3)c2)c1. The summed E-state index contributed by atoms with van der Waals surface area (Å²) in [5.74, 6) is 0.579. The van der Waals surface area contributed by atoms with E-state index in [4.69, 9.17) is 4.42 Å². The van der Waals surface area contributed by atoms with Crippen LogP contribution in [-0.4, -0.2) is 23.6 Å². The molecular weight excluding hydrogens is 376 g/mol. The number of benzene rings is 2. The van der Waals surface area contributed by atoms with E-state index in [1.54, 1.807) is 6.07 Å². The minimum atomic E-state index is -3.76. The van der Waals surface area contributed by atoms with Gasteiger partial charge in [0.2, 0.25) is 5.89 Å². The Kier molecular flexibility index (Phi) is 4.48. The highest BCUT2D eigenvalue weighted by atomic mass is 32.2. The maximum Gasteiger partial charge on any atom is 0.264 e. The van der Waals surface area contributed by atoms with Crippen molar-refractivity contribution in [3.05, 3.63) is 71.9 Å². The molecule has 0 aliphatic heterocycles. The van der Waals surface area contributed by atoms with Gasteiger partial charge in [-0.2, -0.15) is 0 Å². The lowest BCUT2D eigenvalue weighted by Gasteiger charge is -2.10. The first-order valence-corrected chi connectivity index (χ1v) is 10.1. The third-order valence-electron chi connectivity index (χ3n) is 4.28. The zero-order chi connectivity index (χ0) is 19.7. The molecule has 2 aromatic heterocycles. The minimum Gasteiger partial charge on any atom is -0.415 e. The third-order valence-corrected chi connectivity index (χ3v) is 5.63. The van der Waals surface area contributed by atoms with E-state index in [-0.39, 0.29) is 10.8 Å². The second-order valence-electron chi connectivity index (χ2n) is 6.45. The number of aryl methyl sites for hydroxylation is 2. The van der Waals surface area contributed by atoms with Gasteiger partial charge in [0.05, 0.1) is 5.69 Å². The number of aromatic amines is 1. The molecule has 0 saturated heterocycles. The number of nitrogens with zero attached hydrogens (tertiary/aromatic N) is 2. The Balaban J connectivity index is 1.60. The number of hydrogen-bond donors (Lipinski definition) is 2. The number of hydrogen-bond acceptors (Lipinski definition) is 5. The number of H-pyrrole nitrogens is 1. The minimum absolute atomic E-state index is 0.0860. The van der Waals surface area contributed by atoms with Crippen LogP contribution in [0.2, 0.25) is 0 Å². The lowest BCUT2D eigenvalue weighted by molar-refractivity contribution is 0.582. The molecule has 4 aromatic rings. The Bertz CT molecular complexity index is 1230. The average molecular weight is 394 g/mol. The van der Waals surface area contributed by atoms with E-state index in [9.17, 15) is 8.42 Å². The predicted octanol–water partition coefficient (Wildman–Crippen LogP) is 4.15. The molecule has 0 atom stereocenters. The van der Waals surface area contributed by atoms with Crippen molar-refractivity contribution >= 4 is 15.7 Å². The zero-order valence-corrected chi connectivity index (χ0v) is 16.1. The molecule has 4 rings (SSSR count). The van der Waals surface area contributed by atoms with E-state index in [0.29, 0.717) is 17.3 Å². The predicted molar refractivity (Wildman–Crippen MR) is 106 cm³/mol. The summed E-state index contributed by atoms with van der Waals surface area (Å²) in [5.41, 5.74) is 3.58. The Labute approximate surface area is 162 Å². The highest BCUT2D eigenvalue weighted by Crippen LogP contribution is 2.26. The molecule has 0 amide bonds. The van der Waals surface area contributed by atoms with Crippen molar-refractivity contribution in [3.8, 4) is 23.0 Å². The molecular formula is C20H18N4O3S. The summed E-state index contributed by atoms with van der Waals surface area (Å²) >= 11 is 0. The molecule has 8 heteroatoms. The van der Waals surface area contributed by atoms with Crippen LogP contribution in [-0.2, 0) is 10.0 Å². The molecule has 28 heavy (non-hydrogen) atoms. The van der Waals surface area contributed by atoms with E-state index in [1.165, 1.54) is 12.3 Å². The maximum atomic E-state index is 12.7. The van der Waals surface area contributed by atoms with E-state index in [1.807, 2.05) is 56.3 Å². The summed E-state index contributed by atoms with van der Waals surface area (Å²) in [6, 6.07) is 16.4. The molecule has 7 nitrogen and oxygen atoms in total. The maximum absolute atomic E-state index is 12.7. The first-order chi connectivity index (χ1) is 13.4. The summed E-state index contributed by atoms with van der Waals surface area (Å²) in [6.07, 6.45) is 1.40. The molecule has 2 aromatic carbocycles. The molecule has 0 bridgehead atoms. The number of rotatable bonds is 5. The molecule has 0 spiro atoms. The first-order valence-electron chi connectivity index (χ1n) is 8.60. The lowest BCUT2D eigenvalue weighted by Crippen LogP contribution is -2.13. The number of anilines is 1. The highest BCUT2D eigenvalue weighted by molar-refractivity contribution is 7.92. The smallest absolute Gasteiger partial charge is 0.264 e. The van der Waals surface area contributed by atoms with Crippen molar-refractivity contribution in [3.63, 3.8) is 0 Å². The van der Waals surface area contributed by atoms with Gasteiger partial charge in [-0.05, 0) is 49.2 Å². The van der Waals surface area contributed by atoms with Crippen LogP contribution in [0, 0.1) is 13.8 Å². The summed E-state index contributed by atoms with van der Waals surface area (Å²) in [4.78, 5) is 2.98. The summed E-state index contributed by atoms with van der Waals surface area (Å²) in [6.45, 7) is 3.76. The van der Waals surface area contributed by atoms with Gasteiger partial charge in [-0.3, -0.25) is 4.72 Å². The zero-order valence-electron chi connectivity index (χ0n) is 15.3. The quantitative estimate of drug-likeness (QED) is 0.529. The van der Waals surface area contributed by atoms with Gasteiger partial charge in [-0.25, -0.2) is 8.42 Å². The highest BCUT2D eigenvalue weighted by Gasteiger charge is 2.20. The van der Waals surface area contributed by atoms with Crippen LogP contribution in [0.3, 0.4) is 0 Å². The number of sulfonamides is 1. The fourth-order valence-corrected chi connectivity index (χ4v) is 3.85. The standard InChI is InChI=1S/C20H18N4O3S/c1-13-8-9-14(2)17(10-13)24-28(25,26)16-11-18(21-12-16)20-23-22-19(27-20)15-6-4-3-5-7-15/h3-12,21,24H,1-2H3. The topological polar surface area (TPSA) is 101 Å². The number of aromatic nitrogens is 3. The van der Waals surface area contributed by atoms with E-state index >= 15 is 0 Å². The fraction of sp³-hybridized carbons (Fsp3) is 0.100. The fourth-order valence-electron chi connectivity index (χ4n) is 2.73. The van der Waals surface area contributed by atoms with Crippen molar-refractivity contribution in [1.29, 1.82) is 0 Å². The van der Waals surface area contributed by atoms with Crippen LogP contribution in [0.15, 0.2) is 70.1 Å². The molecule has 0 saturated carbocycles. The molecule has 142 valence electrons. The summed E-state index contributed by atoms with van der Waals surface area (Å²) in [5, 5.41) is 8.03. The van der Waals surface area contributed by atoms with Crippen LogP contribution >= 0.6 is 0 Å². The van der Waals surface area contributed by atoms with Crippen LogP contribution in [0.25, 0.3) is 23.0 Å². The van der Waals surface area contributed by atoms with Gasteiger partial charge >= 0.3 is 0 Å². The van der Waals surface area contributed by atoms with Crippen LogP contribution in [0.4, 0.5) is 5.69 Å². The molecule has 0 aliphatic carbocycles. The van der Waals surface area contributed by atoms with Crippen LogP contribution < -0.4 is 4.72 Å². The van der Waals surface area contributed by atoms with E-state index in [0.717, 1.165) is 16.7 Å². The van der Waals surface area contributed by atoms with Gasteiger partial charge in [0, 0.05) is 11.8 Å². The molecule has 0 radical (unpaired) electrons. The normalized spacial score (nSPS) is 11.5. The Morgan fingerprint density at radius 3 is 2.50 bits per heavy atom. The molecule has 2 N–H and O–H groups in total. The summed E-state index contributed by atoms with van der Waals surface area (Å²) in [7, 11) is -3.76. The Morgan fingerprint density at radius 2 is 1.71 bits per heavy atom. The van der Waals surface area contributed by atoms with Crippen molar-refractivity contribution < 1.29 is 12.8 Å². The van der Waals surface area contributed by atoms with Gasteiger partial charge in [0.1, 0.15) is 10.6 Å². The van der Waals surface area contributed by atoms with Gasteiger partial charge in [-0.1, -0.05) is 30.3 Å². The van der Waals surface area contributed by atoms with Gasteiger partial charge in [0.25, 0.3) is 15.9 Å². The third kappa shape index (κ3) is 3.54. The average Bonchev–Trinajstić information content (AvgIpc) is 3.35. The molecule has 0 unspecified atom stereocenters. The first kappa shape index (κ1) is 18.0. The molecule has 0 fully saturated rings. The Hall–Kier alpha value is -3.39. The van der Waals surface area contributed by atoms with E-state index < -0.39 is 10.0 Å². The van der Waals surface area contributed by atoms with Crippen LogP contribution in [0.1, 0.15) is 11.1 Å². The van der Waals surface area contributed by atoms with Gasteiger partial charge in [-0.15, -0.1) is 10.2 Å². The van der Waals surface area contributed by atoms with Gasteiger partial charge in [0.15, 0.2) is 0 Å². The van der Waals surface area contributed by atoms with Crippen molar-refractivity contribution in [2.24, 2.45) is 0 Å². The van der Waals surface area contributed by atoms with Crippen molar-refractivity contribution in [2.75, 3.05) is 4.72 Å². The Morgan fingerprint density at radius 1 is 0.964 bits per heavy atom. The van der Waals surface area contributed by atoms with Crippen LogP contribution in [0.5, 0.6) is 0 Å². The van der Waals surface area contributed by atoms with Gasteiger partial charge < -0.3 is 9.40 Å². The van der Waals surface area contributed by atoms with E-state index in [2.05, 4.69) is 19.9 Å². The van der Waals surface area contributed by atoms with Crippen molar-refractivity contribution in [1.82, 2.24) is 15.2 Å². The lowest BCUT2D eigenvalue weighted by atomic mass is 10.1. The second kappa shape index (κ2) is 6.97. The monoisotopic (exact) mass is 394 g/mol. The molecule has 0 aliphatic rings. The largest absolute Gasteiger partial charge is 0.415 e. The summed E-state index contributed by atoms with van der Waals surface area (Å²) < 4.78 is 33.8. The second-order valence-corrected chi connectivity index (χ2v) is 8.13. The van der Waals surface area contributed by atoms with Crippen molar-refractivity contribution in [2.45, 2.75) is 18.7 Å². The molecule has 2 heterocycles.